The van der Waals surface area contributed by atoms with Gasteiger partial charge in [0.1, 0.15) is 0 Å². The van der Waals surface area contributed by atoms with E-state index in [1.54, 1.807) is 10.4 Å². The van der Waals surface area contributed by atoms with E-state index in [4.69, 9.17) is 5.11 Å². The molecule has 3 aromatic rings. The molecule has 1 fully saturated rings. The standard InChI is InChI=1S/C30H32N4O4S/c35-26-16-15-25(21-6-2-1-3-7-21)33-34(26)18-20-10-12-23(13-11-20)28(22-8-4-5-9-22)29(38)32-30-31-24(19-39-30)14-17-27(36)37/h1-3,6-7,10-13,19,22,28H,4-5,8-9,14-18H2,(H,36,37)(H,31,32,38). The molecular weight excluding hydrogens is 512 g/mol. The first-order valence-electron chi connectivity index (χ1n) is 13.5. The third kappa shape index (κ3) is 6.78. The van der Waals surface area contributed by atoms with Gasteiger partial charge < -0.3 is 10.4 Å². The zero-order valence-electron chi connectivity index (χ0n) is 21.7. The number of aliphatic carboxylic acids is 1. The second-order valence-corrected chi connectivity index (χ2v) is 11.0. The zero-order chi connectivity index (χ0) is 27.2. The van der Waals surface area contributed by atoms with Crippen molar-refractivity contribution in [1.29, 1.82) is 0 Å². The molecular formula is C30H32N4O4S. The summed E-state index contributed by atoms with van der Waals surface area (Å²) in [4.78, 5) is 41.3. The van der Waals surface area contributed by atoms with Gasteiger partial charge in [0.15, 0.2) is 5.13 Å². The van der Waals surface area contributed by atoms with E-state index in [0.29, 0.717) is 36.6 Å². The van der Waals surface area contributed by atoms with Gasteiger partial charge in [-0.15, -0.1) is 11.3 Å². The van der Waals surface area contributed by atoms with Crippen LogP contribution < -0.4 is 5.32 Å². The predicted molar refractivity (Wildman–Crippen MR) is 151 cm³/mol. The number of rotatable bonds is 10. The van der Waals surface area contributed by atoms with Gasteiger partial charge in [0.25, 0.3) is 0 Å². The van der Waals surface area contributed by atoms with Crippen LogP contribution in [0.5, 0.6) is 0 Å². The van der Waals surface area contributed by atoms with Crippen LogP contribution in [0.2, 0.25) is 0 Å². The van der Waals surface area contributed by atoms with Crippen LogP contribution in [-0.4, -0.2) is 38.6 Å². The lowest BCUT2D eigenvalue weighted by atomic mass is 9.84. The smallest absolute Gasteiger partial charge is 0.303 e. The van der Waals surface area contributed by atoms with Gasteiger partial charge in [-0.2, -0.15) is 5.10 Å². The molecule has 1 saturated carbocycles. The number of hydrogen-bond acceptors (Lipinski definition) is 6. The molecule has 1 aromatic heterocycles. The molecule has 1 aliphatic heterocycles. The first-order valence-corrected chi connectivity index (χ1v) is 14.3. The monoisotopic (exact) mass is 544 g/mol. The van der Waals surface area contributed by atoms with Crippen LogP contribution in [0.1, 0.15) is 73.2 Å². The number of nitrogens with zero attached hydrogens (tertiary/aromatic N) is 3. The summed E-state index contributed by atoms with van der Waals surface area (Å²) in [6.07, 6.45) is 5.65. The van der Waals surface area contributed by atoms with Gasteiger partial charge in [0.2, 0.25) is 11.8 Å². The Hall–Kier alpha value is -3.85. The Balaban J connectivity index is 1.29. The molecule has 2 aliphatic rings. The van der Waals surface area contributed by atoms with Gasteiger partial charge in [-0.3, -0.25) is 14.4 Å². The van der Waals surface area contributed by atoms with E-state index in [0.717, 1.165) is 48.1 Å². The Morgan fingerprint density at radius 1 is 1.05 bits per heavy atom. The Labute approximate surface area is 231 Å². The molecule has 2 amide bonds. The minimum Gasteiger partial charge on any atom is -0.481 e. The molecule has 0 bridgehead atoms. The van der Waals surface area contributed by atoms with Crippen LogP contribution in [0.4, 0.5) is 5.13 Å². The highest BCUT2D eigenvalue weighted by Crippen LogP contribution is 2.38. The maximum absolute atomic E-state index is 13.5. The van der Waals surface area contributed by atoms with Crippen molar-refractivity contribution in [2.75, 3.05) is 5.32 Å². The predicted octanol–water partition coefficient (Wildman–Crippen LogP) is 5.60. The third-order valence-corrected chi connectivity index (χ3v) is 8.22. The fourth-order valence-electron chi connectivity index (χ4n) is 5.39. The van der Waals surface area contributed by atoms with Crippen LogP contribution >= 0.6 is 11.3 Å². The van der Waals surface area contributed by atoms with Gasteiger partial charge >= 0.3 is 5.97 Å². The molecule has 2 heterocycles. The molecule has 202 valence electrons. The third-order valence-electron chi connectivity index (χ3n) is 7.41. The number of hydrogen-bond donors (Lipinski definition) is 2. The lowest BCUT2D eigenvalue weighted by molar-refractivity contribution is -0.137. The van der Waals surface area contributed by atoms with Crippen LogP contribution in [-0.2, 0) is 27.3 Å². The maximum atomic E-state index is 13.5. The second kappa shape index (κ2) is 12.3. The number of hydrazone groups is 1. The van der Waals surface area contributed by atoms with Crippen molar-refractivity contribution in [3.63, 3.8) is 0 Å². The summed E-state index contributed by atoms with van der Waals surface area (Å²) in [5.74, 6) is -0.993. The number of carboxylic acid groups (broad SMARTS) is 1. The van der Waals surface area contributed by atoms with Crippen molar-refractivity contribution >= 4 is 40.0 Å². The van der Waals surface area contributed by atoms with Crippen LogP contribution in [0.25, 0.3) is 0 Å². The first-order chi connectivity index (χ1) is 19.0. The fourth-order valence-corrected chi connectivity index (χ4v) is 6.14. The summed E-state index contributed by atoms with van der Waals surface area (Å²) < 4.78 is 0. The zero-order valence-corrected chi connectivity index (χ0v) is 22.5. The van der Waals surface area contributed by atoms with Crippen LogP contribution in [0.3, 0.4) is 0 Å². The van der Waals surface area contributed by atoms with Gasteiger partial charge in [-0.05, 0) is 35.4 Å². The number of carboxylic acids is 1. The van der Waals surface area contributed by atoms with Crippen molar-refractivity contribution in [2.45, 2.75) is 63.8 Å². The molecule has 1 atom stereocenters. The summed E-state index contributed by atoms with van der Waals surface area (Å²) in [6, 6.07) is 17.9. The number of aryl methyl sites for hydroxylation is 1. The minimum atomic E-state index is -0.869. The van der Waals surface area contributed by atoms with E-state index in [1.165, 1.54) is 11.3 Å². The Morgan fingerprint density at radius 3 is 2.51 bits per heavy atom. The number of benzene rings is 2. The van der Waals surface area contributed by atoms with E-state index in [9.17, 15) is 14.4 Å². The lowest BCUT2D eigenvalue weighted by Gasteiger charge is -2.25. The number of carbonyl (C=O) groups is 3. The van der Waals surface area contributed by atoms with Crippen molar-refractivity contribution in [3.8, 4) is 0 Å². The van der Waals surface area contributed by atoms with Crippen LogP contribution in [0, 0.1) is 5.92 Å². The number of carbonyl (C=O) groups excluding carboxylic acids is 2. The largest absolute Gasteiger partial charge is 0.481 e. The van der Waals surface area contributed by atoms with E-state index >= 15 is 0 Å². The highest BCUT2D eigenvalue weighted by atomic mass is 32.1. The number of anilines is 1. The first kappa shape index (κ1) is 26.7. The van der Waals surface area contributed by atoms with Gasteiger partial charge in [0, 0.05) is 24.6 Å². The minimum absolute atomic E-state index is 0.00754. The average molecular weight is 545 g/mol. The summed E-state index contributed by atoms with van der Waals surface area (Å²) in [5.41, 5.74) is 4.52. The van der Waals surface area contributed by atoms with E-state index in [1.807, 2.05) is 54.6 Å². The molecule has 2 N–H and O–H groups in total. The van der Waals surface area contributed by atoms with Gasteiger partial charge in [-0.1, -0.05) is 67.4 Å². The molecule has 0 radical (unpaired) electrons. The fraction of sp³-hybridized carbons (Fsp3) is 0.367. The molecule has 1 aliphatic carbocycles. The second-order valence-electron chi connectivity index (χ2n) is 10.2. The molecule has 9 heteroatoms. The van der Waals surface area contributed by atoms with E-state index < -0.39 is 5.97 Å². The van der Waals surface area contributed by atoms with Gasteiger partial charge in [-0.25, -0.2) is 9.99 Å². The topological polar surface area (TPSA) is 112 Å². The number of aromatic nitrogens is 1. The molecule has 2 aromatic carbocycles. The molecule has 5 rings (SSSR count). The molecule has 8 nitrogen and oxygen atoms in total. The van der Waals surface area contributed by atoms with E-state index in [-0.39, 0.29) is 30.1 Å². The molecule has 0 spiro atoms. The molecule has 1 unspecified atom stereocenters. The normalized spacial score (nSPS) is 16.7. The summed E-state index contributed by atoms with van der Waals surface area (Å²) in [6.45, 7) is 0.383. The Bertz CT molecular complexity index is 1350. The average Bonchev–Trinajstić information content (AvgIpc) is 3.63. The van der Waals surface area contributed by atoms with Crippen molar-refractivity contribution in [1.82, 2.24) is 9.99 Å². The SMILES string of the molecule is O=C(O)CCc1csc(NC(=O)C(c2ccc(CN3N=C(c4ccccc4)CCC3=O)cc2)C2CCCC2)n1. The highest BCUT2D eigenvalue weighted by molar-refractivity contribution is 7.13. The van der Waals surface area contributed by atoms with E-state index in [2.05, 4.69) is 15.4 Å². The summed E-state index contributed by atoms with van der Waals surface area (Å²) in [5, 5.41) is 20.4. The number of nitrogens with one attached hydrogen (secondary N) is 1. The van der Waals surface area contributed by atoms with Crippen molar-refractivity contribution < 1.29 is 19.5 Å². The number of amides is 2. The van der Waals surface area contributed by atoms with Crippen LogP contribution in [0.15, 0.2) is 65.1 Å². The summed E-state index contributed by atoms with van der Waals surface area (Å²) >= 11 is 1.32. The Morgan fingerprint density at radius 2 is 1.79 bits per heavy atom. The van der Waals surface area contributed by atoms with Crippen molar-refractivity contribution in [2.24, 2.45) is 11.0 Å². The quantitative estimate of drug-likeness (QED) is 0.345. The number of thiazole rings is 1. The molecule has 39 heavy (non-hydrogen) atoms. The van der Waals surface area contributed by atoms with Gasteiger partial charge in [0.05, 0.1) is 30.3 Å². The Kier molecular flexibility index (Phi) is 8.46. The summed E-state index contributed by atoms with van der Waals surface area (Å²) in [7, 11) is 0. The maximum Gasteiger partial charge on any atom is 0.303 e. The lowest BCUT2D eigenvalue weighted by Crippen LogP contribution is -2.31. The highest BCUT2D eigenvalue weighted by Gasteiger charge is 2.32. The van der Waals surface area contributed by atoms with Crippen molar-refractivity contribution in [3.05, 3.63) is 82.4 Å². The molecule has 0 saturated heterocycles.